The third-order valence-corrected chi connectivity index (χ3v) is 3.53. The van der Waals surface area contributed by atoms with E-state index in [1.807, 2.05) is 13.0 Å². The third kappa shape index (κ3) is 3.03. The van der Waals surface area contributed by atoms with E-state index in [1.54, 1.807) is 7.11 Å². The summed E-state index contributed by atoms with van der Waals surface area (Å²) in [6, 6.07) is 6.83. The van der Waals surface area contributed by atoms with E-state index in [0.29, 0.717) is 6.04 Å². The molecule has 1 aliphatic rings. The van der Waals surface area contributed by atoms with Gasteiger partial charge in [0.2, 0.25) is 0 Å². The Bertz CT molecular complexity index is 392. The molecule has 1 N–H and O–H groups in total. The number of rotatable bonds is 6. The molecule has 1 aliphatic carbocycles. The number of aryl methyl sites for hydroxylation is 1. The maximum absolute atomic E-state index is 5.55. The van der Waals surface area contributed by atoms with Crippen LogP contribution in [0.3, 0.4) is 0 Å². The van der Waals surface area contributed by atoms with Gasteiger partial charge >= 0.3 is 0 Å². The van der Waals surface area contributed by atoms with Crippen LogP contribution in [-0.4, -0.2) is 26.4 Å². The Balaban J connectivity index is 1.97. The molecular formula is C15H23NO2. The highest BCUT2D eigenvalue weighted by atomic mass is 16.5. The van der Waals surface area contributed by atoms with Crippen LogP contribution in [0.4, 0.5) is 0 Å². The van der Waals surface area contributed by atoms with Gasteiger partial charge in [-0.1, -0.05) is 6.07 Å². The SMILES string of the molecule is CCOC(C)CNC1CCc2ccc(OC)cc21. The first-order chi connectivity index (χ1) is 8.74. The van der Waals surface area contributed by atoms with Crippen molar-refractivity contribution in [2.75, 3.05) is 20.3 Å². The summed E-state index contributed by atoms with van der Waals surface area (Å²) in [6.45, 7) is 5.82. The first-order valence-corrected chi connectivity index (χ1v) is 6.76. The maximum Gasteiger partial charge on any atom is 0.119 e. The molecule has 2 unspecified atom stereocenters. The van der Waals surface area contributed by atoms with Gasteiger partial charge in [0.15, 0.2) is 0 Å². The number of methoxy groups -OCH3 is 1. The lowest BCUT2D eigenvalue weighted by Crippen LogP contribution is -2.29. The van der Waals surface area contributed by atoms with E-state index in [0.717, 1.165) is 25.3 Å². The Labute approximate surface area is 109 Å². The average Bonchev–Trinajstić information content (AvgIpc) is 2.79. The van der Waals surface area contributed by atoms with Crippen LogP contribution >= 0.6 is 0 Å². The number of hydrogen-bond donors (Lipinski definition) is 1. The zero-order valence-electron chi connectivity index (χ0n) is 11.5. The van der Waals surface area contributed by atoms with Crippen molar-refractivity contribution in [3.05, 3.63) is 29.3 Å². The molecular weight excluding hydrogens is 226 g/mol. The molecule has 1 aromatic carbocycles. The molecule has 0 aliphatic heterocycles. The van der Waals surface area contributed by atoms with Gasteiger partial charge in [0.1, 0.15) is 5.75 Å². The monoisotopic (exact) mass is 249 g/mol. The maximum atomic E-state index is 5.55. The van der Waals surface area contributed by atoms with Crippen LogP contribution in [0.2, 0.25) is 0 Å². The molecule has 3 nitrogen and oxygen atoms in total. The summed E-state index contributed by atoms with van der Waals surface area (Å²) in [6.07, 6.45) is 2.59. The predicted molar refractivity (Wildman–Crippen MR) is 73.1 cm³/mol. The molecule has 18 heavy (non-hydrogen) atoms. The van der Waals surface area contributed by atoms with Gasteiger partial charge < -0.3 is 14.8 Å². The minimum atomic E-state index is 0.268. The largest absolute Gasteiger partial charge is 0.497 e. The molecule has 0 fully saturated rings. The second kappa shape index (κ2) is 6.21. The minimum Gasteiger partial charge on any atom is -0.497 e. The number of benzene rings is 1. The minimum absolute atomic E-state index is 0.268. The van der Waals surface area contributed by atoms with Crippen molar-refractivity contribution in [1.82, 2.24) is 5.32 Å². The van der Waals surface area contributed by atoms with E-state index in [2.05, 4.69) is 24.4 Å². The standard InChI is InChI=1S/C15H23NO2/c1-4-18-11(2)10-16-15-8-6-12-5-7-13(17-3)9-14(12)15/h5,7,9,11,15-16H,4,6,8,10H2,1-3H3. The molecule has 100 valence electrons. The normalized spacial score (nSPS) is 19.6. The van der Waals surface area contributed by atoms with Crippen LogP contribution < -0.4 is 10.1 Å². The quantitative estimate of drug-likeness (QED) is 0.841. The van der Waals surface area contributed by atoms with Crippen molar-refractivity contribution >= 4 is 0 Å². The van der Waals surface area contributed by atoms with E-state index >= 15 is 0 Å². The highest BCUT2D eigenvalue weighted by molar-refractivity contribution is 5.40. The number of hydrogen-bond acceptors (Lipinski definition) is 3. The van der Waals surface area contributed by atoms with Crippen molar-refractivity contribution in [3.63, 3.8) is 0 Å². The van der Waals surface area contributed by atoms with Crippen molar-refractivity contribution in [2.45, 2.75) is 38.8 Å². The van der Waals surface area contributed by atoms with E-state index in [-0.39, 0.29) is 6.10 Å². The molecule has 0 aromatic heterocycles. The van der Waals surface area contributed by atoms with Crippen molar-refractivity contribution in [1.29, 1.82) is 0 Å². The van der Waals surface area contributed by atoms with Gasteiger partial charge in [0.05, 0.1) is 13.2 Å². The van der Waals surface area contributed by atoms with Crippen LogP contribution in [0, 0.1) is 0 Å². The lowest BCUT2D eigenvalue weighted by molar-refractivity contribution is 0.0739. The van der Waals surface area contributed by atoms with Gasteiger partial charge in [-0.2, -0.15) is 0 Å². The van der Waals surface area contributed by atoms with Gasteiger partial charge in [-0.25, -0.2) is 0 Å². The van der Waals surface area contributed by atoms with Crippen LogP contribution in [0.1, 0.15) is 37.4 Å². The second-order valence-corrected chi connectivity index (χ2v) is 4.83. The van der Waals surface area contributed by atoms with E-state index in [4.69, 9.17) is 9.47 Å². The van der Waals surface area contributed by atoms with Gasteiger partial charge in [-0.05, 0) is 49.9 Å². The molecule has 0 saturated carbocycles. The molecule has 2 rings (SSSR count). The fourth-order valence-corrected chi connectivity index (χ4v) is 2.57. The summed E-state index contributed by atoms with van der Waals surface area (Å²) < 4.78 is 10.8. The van der Waals surface area contributed by atoms with Crippen molar-refractivity contribution in [3.8, 4) is 5.75 Å². The Hall–Kier alpha value is -1.06. The summed E-state index contributed by atoms with van der Waals surface area (Å²) >= 11 is 0. The van der Waals surface area contributed by atoms with Crippen LogP contribution in [-0.2, 0) is 11.2 Å². The van der Waals surface area contributed by atoms with E-state index in [9.17, 15) is 0 Å². The molecule has 0 radical (unpaired) electrons. The second-order valence-electron chi connectivity index (χ2n) is 4.83. The molecule has 0 spiro atoms. The zero-order valence-corrected chi connectivity index (χ0v) is 11.5. The lowest BCUT2D eigenvalue weighted by atomic mass is 10.1. The first kappa shape index (κ1) is 13.4. The van der Waals surface area contributed by atoms with E-state index < -0.39 is 0 Å². The van der Waals surface area contributed by atoms with Gasteiger partial charge in [0, 0.05) is 19.2 Å². The third-order valence-electron chi connectivity index (χ3n) is 3.53. The molecule has 0 bridgehead atoms. The number of fused-ring (bicyclic) bond motifs is 1. The Kier molecular flexibility index (Phi) is 4.61. The summed E-state index contributed by atoms with van der Waals surface area (Å²) in [5.74, 6) is 0.945. The van der Waals surface area contributed by atoms with Crippen LogP contribution in [0.25, 0.3) is 0 Å². The van der Waals surface area contributed by atoms with Crippen LogP contribution in [0.15, 0.2) is 18.2 Å². The highest BCUT2D eigenvalue weighted by Crippen LogP contribution is 2.33. The summed E-state index contributed by atoms with van der Waals surface area (Å²) in [4.78, 5) is 0. The smallest absolute Gasteiger partial charge is 0.119 e. The van der Waals surface area contributed by atoms with Crippen molar-refractivity contribution in [2.24, 2.45) is 0 Å². The van der Waals surface area contributed by atoms with E-state index in [1.165, 1.54) is 17.5 Å². The van der Waals surface area contributed by atoms with Gasteiger partial charge in [-0.3, -0.25) is 0 Å². The molecule has 0 saturated heterocycles. The summed E-state index contributed by atoms with van der Waals surface area (Å²) in [5.41, 5.74) is 2.83. The van der Waals surface area contributed by atoms with Gasteiger partial charge in [0.25, 0.3) is 0 Å². The molecule has 3 heteroatoms. The highest BCUT2D eigenvalue weighted by Gasteiger charge is 2.22. The fourth-order valence-electron chi connectivity index (χ4n) is 2.57. The predicted octanol–water partition coefficient (Wildman–Crippen LogP) is 2.70. The average molecular weight is 249 g/mol. The molecule has 1 aromatic rings. The Morgan fingerprint density at radius 1 is 1.44 bits per heavy atom. The Morgan fingerprint density at radius 2 is 2.28 bits per heavy atom. The topological polar surface area (TPSA) is 30.5 Å². The zero-order chi connectivity index (χ0) is 13.0. The summed E-state index contributed by atoms with van der Waals surface area (Å²) in [5, 5.41) is 3.59. The first-order valence-electron chi connectivity index (χ1n) is 6.76. The number of nitrogens with one attached hydrogen (secondary N) is 1. The molecule has 0 amide bonds. The fraction of sp³-hybridized carbons (Fsp3) is 0.600. The summed E-state index contributed by atoms with van der Waals surface area (Å²) in [7, 11) is 1.72. The Morgan fingerprint density at radius 3 is 3.00 bits per heavy atom. The lowest BCUT2D eigenvalue weighted by Gasteiger charge is -2.18. The molecule has 0 heterocycles. The number of ether oxygens (including phenoxy) is 2. The van der Waals surface area contributed by atoms with Crippen LogP contribution in [0.5, 0.6) is 5.75 Å². The van der Waals surface area contributed by atoms with Gasteiger partial charge in [-0.15, -0.1) is 0 Å². The molecule has 2 atom stereocenters. The van der Waals surface area contributed by atoms with Crippen molar-refractivity contribution < 1.29 is 9.47 Å².